The maximum Gasteiger partial charge on any atom is 0.200 e. The SMILES string of the molecule is c1ccc(NC(=NC23CCCC4CC(CC42)C3)Nc2ccccc2)cc1. The molecule has 4 atom stereocenters. The third kappa shape index (κ3) is 2.90. The smallest absolute Gasteiger partial charge is 0.200 e. The molecule has 134 valence electrons. The van der Waals surface area contributed by atoms with E-state index in [1.165, 1.54) is 38.5 Å². The van der Waals surface area contributed by atoms with Crippen LogP contribution in [0.3, 0.4) is 0 Å². The monoisotopic (exact) mass is 345 g/mol. The lowest BCUT2D eigenvalue weighted by molar-refractivity contribution is 0.130. The number of nitrogens with zero attached hydrogens (tertiary/aromatic N) is 1. The lowest BCUT2D eigenvalue weighted by Crippen LogP contribution is -2.43. The molecule has 4 unspecified atom stereocenters. The molecule has 2 bridgehead atoms. The van der Waals surface area contributed by atoms with Crippen LogP contribution in [0.1, 0.15) is 38.5 Å². The van der Waals surface area contributed by atoms with Crippen molar-refractivity contribution < 1.29 is 0 Å². The number of hydrogen-bond donors (Lipinski definition) is 2. The van der Waals surface area contributed by atoms with Gasteiger partial charge < -0.3 is 10.6 Å². The van der Waals surface area contributed by atoms with Gasteiger partial charge in [0.1, 0.15) is 0 Å². The van der Waals surface area contributed by atoms with Crippen molar-refractivity contribution in [3.05, 3.63) is 60.7 Å². The van der Waals surface area contributed by atoms with E-state index in [1.54, 1.807) is 0 Å². The summed E-state index contributed by atoms with van der Waals surface area (Å²) in [5, 5.41) is 7.10. The van der Waals surface area contributed by atoms with Crippen LogP contribution < -0.4 is 10.6 Å². The highest BCUT2D eigenvalue weighted by Gasteiger charge is 2.57. The first-order valence-corrected chi connectivity index (χ1v) is 10.0. The van der Waals surface area contributed by atoms with E-state index in [9.17, 15) is 0 Å². The Labute approximate surface area is 155 Å². The summed E-state index contributed by atoms with van der Waals surface area (Å²) in [7, 11) is 0. The zero-order valence-electron chi connectivity index (χ0n) is 15.2. The van der Waals surface area contributed by atoms with Crippen molar-refractivity contribution in [1.29, 1.82) is 0 Å². The van der Waals surface area contributed by atoms with E-state index in [0.29, 0.717) is 0 Å². The lowest BCUT2D eigenvalue weighted by Gasteiger charge is -2.43. The van der Waals surface area contributed by atoms with Crippen molar-refractivity contribution in [3.8, 4) is 0 Å². The molecule has 0 amide bonds. The first kappa shape index (κ1) is 15.9. The van der Waals surface area contributed by atoms with Crippen molar-refractivity contribution in [2.24, 2.45) is 22.7 Å². The first-order valence-electron chi connectivity index (χ1n) is 10.0. The Hall–Kier alpha value is -2.29. The number of guanidine groups is 1. The Balaban J connectivity index is 1.47. The molecule has 3 aliphatic carbocycles. The first-order chi connectivity index (χ1) is 12.8. The maximum atomic E-state index is 5.39. The molecule has 0 aliphatic heterocycles. The largest absolute Gasteiger partial charge is 0.326 e. The van der Waals surface area contributed by atoms with Gasteiger partial charge in [-0.05, 0) is 74.1 Å². The minimum atomic E-state index is 0.157. The molecule has 3 heteroatoms. The average molecular weight is 345 g/mol. The van der Waals surface area contributed by atoms with E-state index in [4.69, 9.17) is 4.99 Å². The van der Waals surface area contributed by atoms with Crippen molar-refractivity contribution >= 4 is 17.3 Å². The van der Waals surface area contributed by atoms with Crippen LogP contribution in [0.15, 0.2) is 65.7 Å². The van der Waals surface area contributed by atoms with Gasteiger partial charge in [-0.3, -0.25) is 0 Å². The van der Waals surface area contributed by atoms with Gasteiger partial charge in [-0.15, -0.1) is 0 Å². The standard InChI is InChI=1S/C23H27N3/c1-3-9-19(10-4-1)24-22(25-20-11-5-2-6-12-20)26-23-13-7-8-18-14-17(16-23)15-21(18)23/h1-6,9-12,17-18,21H,7-8,13-16H2,(H2,24,25,26). The number of aliphatic imine (C=N–C) groups is 1. The topological polar surface area (TPSA) is 36.4 Å². The highest BCUT2D eigenvalue weighted by Crippen LogP contribution is 2.61. The fraction of sp³-hybridized carbons (Fsp3) is 0.435. The fourth-order valence-corrected chi connectivity index (χ4v) is 5.80. The van der Waals surface area contributed by atoms with Crippen LogP contribution >= 0.6 is 0 Å². The number of benzene rings is 2. The number of fused-ring (bicyclic) bond motifs is 1. The Morgan fingerprint density at radius 2 is 1.54 bits per heavy atom. The molecule has 2 aromatic carbocycles. The lowest BCUT2D eigenvalue weighted by atomic mass is 9.66. The summed E-state index contributed by atoms with van der Waals surface area (Å²) < 4.78 is 0. The van der Waals surface area contributed by atoms with Gasteiger partial charge >= 0.3 is 0 Å². The summed E-state index contributed by atoms with van der Waals surface area (Å²) in [6, 6.07) is 20.8. The molecular weight excluding hydrogens is 318 g/mol. The van der Waals surface area contributed by atoms with E-state index in [2.05, 4.69) is 59.2 Å². The Morgan fingerprint density at radius 3 is 2.15 bits per heavy atom. The molecule has 0 saturated heterocycles. The van der Waals surface area contributed by atoms with E-state index in [-0.39, 0.29) is 5.54 Å². The summed E-state index contributed by atoms with van der Waals surface area (Å²) in [5.41, 5.74) is 2.33. The Bertz CT molecular complexity index is 742. The fourth-order valence-electron chi connectivity index (χ4n) is 5.80. The predicted molar refractivity (Wildman–Crippen MR) is 108 cm³/mol. The van der Waals surface area contributed by atoms with Gasteiger partial charge in [0.25, 0.3) is 0 Å². The van der Waals surface area contributed by atoms with Gasteiger partial charge in [-0.25, -0.2) is 4.99 Å². The molecule has 2 N–H and O–H groups in total. The third-order valence-electron chi connectivity index (χ3n) is 6.72. The van der Waals surface area contributed by atoms with E-state index < -0.39 is 0 Å². The van der Waals surface area contributed by atoms with Crippen molar-refractivity contribution in [2.45, 2.75) is 44.1 Å². The molecule has 0 spiro atoms. The van der Waals surface area contributed by atoms with E-state index >= 15 is 0 Å². The molecule has 3 saturated carbocycles. The molecule has 3 fully saturated rings. The predicted octanol–water partition coefficient (Wildman–Crippen LogP) is 5.54. The van der Waals surface area contributed by atoms with E-state index in [1.807, 2.05) is 12.1 Å². The number of para-hydroxylation sites is 2. The molecule has 3 nitrogen and oxygen atoms in total. The van der Waals surface area contributed by atoms with Crippen LogP contribution in [-0.4, -0.2) is 11.5 Å². The van der Waals surface area contributed by atoms with Gasteiger partial charge in [-0.1, -0.05) is 42.8 Å². The van der Waals surface area contributed by atoms with Crippen LogP contribution in [-0.2, 0) is 0 Å². The zero-order chi connectivity index (χ0) is 17.4. The van der Waals surface area contributed by atoms with Crippen molar-refractivity contribution in [2.75, 3.05) is 10.6 Å². The maximum absolute atomic E-state index is 5.39. The molecule has 5 rings (SSSR count). The number of nitrogens with one attached hydrogen (secondary N) is 2. The second-order valence-electron chi connectivity index (χ2n) is 8.35. The number of hydrogen-bond acceptors (Lipinski definition) is 1. The van der Waals surface area contributed by atoms with Gasteiger partial charge in [0.15, 0.2) is 0 Å². The molecule has 0 radical (unpaired) electrons. The molecule has 3 aliphatic rings. The molecule has 2 aromatic rings. The van der Waals surface area contributed by atoms with Crippen LogP contribution in [0.2, 0.25) is 0 Å². The highest BCUT2D eigenvalue weighted by molar-refractivity contribution is 6.03. The highest BCUT2D eigenvalue weighted by atomic mass is 15.2. The summed E-state index contributed by atoms with van der Waals surface area (Å²) >= 11 is 0. The van der Waals surface area contributed by atoms with Gasteiger partial charge in [-0.2, -0.15) is 0 Å². The summed E-state index contributed by atoms with van der Waals surface area (Å²) in [6.07, 6.45) is 8.15. The average Bonchev–Trinajstić information content (AvgIpc) is 3.22. The summed E-state index contributed by atoms with van der Waals surface area (Å²) in [5.74, 6) is 3.52. The van der Waals surface area contributed by atoms with Crippen molar-refractivity contribution in [3.63, 3.8) is 0 Å². The van der Waals surface area contributed by atoms with Gasteiger partial charge in [0, 0.05) is 11.4 Å². The quantitative estimate of drug-likeness (QED) is 0.566. The molecular formula is C23H27N3. The summed E-state index contributed by atoms with van der Waals surface area (Å²) in [4.78, 5) is 5.39. The number of anilines is 2. The summed E-state index contributed by atoms with van der Waals surface area (Å²) in [6.45, 7) is 0. The minimum Gasteiger partial charge on any atom is -0.326 e. The van der Waals surface area contributed by atoms with Crippen LogP contribution in [0.5, 0.6) is 0 Å². The van der Waals surface area contributed by atoms with E-state index in [0.717, 1.165) is 35.1 Å². The van der Waals surface area contributed by atoms with Crippen molar-refractivity contribution in [1.82, 2.24) is 0 Å². The van der Waals surface area contributed by atoms with Crippen LogP contribution in [0.25, 0.3) is 0 Å². The Kier molecular flexibility index (Phi) is 3.96. The molecule has 0 aromatic heterocycles. The molecule has 26 heavy (non-hydrogen) atoms. The Morgan fingerprint density at radius 1 is 0.885 bits per heavy atom. The second kappa shape index (κ2) is 6.46. The third-order valence-corrected chi connectivity index (χ3v) is 6.72. The number of rotatable bonds is 3. The van der Waals surface area contributed by atoms with Crippen LogP contribution in [0, 0.1) is 17.8 Å². The minimum absolute atomic E-state index is 0.157. The normalized spacial score (nSPS) is 31.5. The van der Waals surface area contributed by atoms with Gasteiger partial charge in [0.2, 0.25) is 5.96 Å². The van der Waals surface area contributed by atoms with Crippen LogP contribution in [0.4, 0.5) is 11.4 Å². The zero-order valence-corrected chi connectivity index (χ0v) is 15.2. The second-order valence-corrected chi connectivity index (χ2v) is 8.35. The van der Waals surface area contributed by atoms with Gasteiger partial charge in [0.05, 0.1) is 5.54 Å². The molecule has 0 heterocycles.